The zero-order valence-corrected chi connectivity index (χ0v) is 7.88. The van der Waals surface area contributed by atoms with Crippen molar-refractivity contribution in [1.82, 2.24) is 0 Å². The van der Waals surface area contributed by atoms with Crippen LogP contribution in [0.15, 0.2) is 24.3 Å². The molecule has 0 unspecified atom stereocenters. The third kappa shape index (κ3) is 5.10. The Bertz CT molecular complexity index is 169. The summed E-state index contributed by atoms with van der Waals surface area (Å²) in [5.74, 6) is 0. The predicted octanol–water partition coefficient (Wildman–Crippen LogP) is 1.64. The molecule has 0 saturated carbocycles. The van der Waals surface area contributed by atoms with Crippen molar-refractivity contribution in [2.75, 3.05) is 6.61 Å². The van der Waals surface area contributed by atoms with E-state index in [1.54, 1.807) is 6.92 Å². The molecule has 2 nitrogen and oxygen atoms in total. The Hall–Kier alpha value is -0.600. The molecule has 12 heavy (non-hydrogen) atoms. The van der Waals surface area contributed by atoms with Crippen molar-refractivity contribution in [2.24, 2.45) is 0 Å². The van der Waals surface area contributed by atoms with Gasteiger partial charge in [0.15, 0.2) is 0 Å². The summed E-state index contributed by atoms with van der Waals surface area (Å²) in [4.78, 5) is 0. The molecule has 0 aromatic carbocycles. The molecule has 0 rings (SSSR count). The van der Waals surface area contributed by atoms with E-state index in [0.717, 1.165) is 12.0 Å². The molecule has 0 aliphatic carbocycles. The maximum absolute atomic E-state index is 9.50. The third-order valence-corrected chi connectivity index (χ3v) is 1.83. The molecular formula is C10H18O2. The SMILES string of the molecule is C=C[C@@](C)(O)CCC=C(C)CO. The molecule has 2 heteroatoms. The van der Waals surface area contributed by atoms with Crippen molar-refractivity contribution >= 4 is 0 Å². The van der Waals surface area contributed by atoms with E-state index >= 15 is 0 Å². The maximum Gasteiger partial charge on any atom is 0.0800 e. The number of rotatable bonds is 5. The van der Waals surface area contributed by atoms with E-state index in [1.165, 1.54) is 6.08 Å². The van der Waals surface area contributed by atoms with Crippen molar-refractivity contribution < 1.29 is 10.2 Å². The first-order chi connectivity index (χ1) is 5.52. The molecule has 0 heterocycles. The summed E-state index contributed by atoms with van der Waals surface area (Å²) in [6.45, 7) is 7.21. The zero-order chi connectivity index (χ0) is 9.61. The fourth-order valence-electron chi connectivity index (χ4n) is 0.777. The molecule has 0 aliphatic rings. The molecule has 0 bridgehead atoms. The Morgan fingerprint density at radius 3 is 2.58 bits per heavy atom. The highest BCUT2D eigenvalue weighted by Crippen LogP contribution is 2.13. The lowest BCUT2D eigenvalue weighted by atomic mass is 10.00. The standard InChI is InChI=1S/C10H18O2/c1-4-10(3,12)7-5-6-9(2)8-11/h4,6,11-12H,1,5,7-8H2,2-3H3/t10-/m1/s1. The van der Waals surface area contributed by atoms with Gasteiger partial charge in [-0.15, -0.1) is 6.58 Å². The Labute approximate surface area is 74.2 Å². The normalized spacial score (nSPS) is 17.2. The van der Waals surface area contributed by atoms with Crippen molar-refractivity contribution in [3.05, 3.63) is 24.3 Å². The van der Waals surface area contributed by atoms with E-state index in [-0.39, 0.29) is 6.61 Å². The van der Waals surface area contributed by atoms with Crippen molar-refractivity contribution in [2.45, 2.75) is 32.3 Å². The van der Waals surface area contributed by atoms with Crippen LogP contribution in [0.1, 0.15) is 26.7 Å². The van der Waals surface area contributed by atoms with Gasteiger partial charge in [0.05, 0.1) is 12.2 Å². The minimum absolute atomic E-state index is 0.0935. The minimum Gasteiger partial charge on any atom is -0.392 e. The molecular weight excluding hydrogens is 152 g/mol. The summed E-state index contributed by atoms with van der Waals surface area (Å²) in [5.41, 5.74) is 0.154. The van der Waals surface area contributed by atoms with E-state index in [1.807, 2.05) is 13.0 Å². The lowest BCUT2D eigenvalue weighted by Crippen LogP contribution is -2.19. The second-order valence-electron chi connectivity index (χ2n) is 3.31. The third-order valence-electron chi connectivity index (χ3n) is 1.83. The first kappa shape index (κ1) is 11.4. The fraction of sp³-hybridized carbons (Fsp3) is 0.600. The number of hydrogen-bond donors (Lipinski definition) is 2. The van der Waals surface area contributed by atoms with Crippen LogP contribution >= 0.6 is 0 Å². The molecule has 0 radical (unpaired) electrons. The van der Waals surface area contributed by atoms with E-state index in [9.17, 15) is 5.11 Å². The minimum atomic E-state index is -0.785. The Kier molecular flexibility index (Phi) is 4.86. The van der Waals surface area contributed by atoms with Gasteiger partial charge in [-0.25, -0.2) is 0 Å². The fourth-order valence-corrected chi connectivity index (χ4v) is 0.777. The average molecular weight is 170 g/mol. The van der Waals surface area contributed by atoms with E-state index < -0.39 is 5.60 Å². The highest BCUT2D eigenvalue weighted by molar-refractivity contribution is 5.00. The van der Waals surface area contributed by atoms with Crippen LogP contribution in [-0.4, -0.2) is 22.4 Å². The van der Waals surface area contributed by atoms with Gasteiger partial charge in [-0.3, -0.25) is 0 Å². The molecule has 70 valence electrons. The van der Waals surface area contributed by atoms with Gasteiger partial charge in [0.1, 0.15) is 0 Å². The first-order valence-electron chi connectivity index (χ1n) is 4.14. The van der Waals surface area contributed by atoms with Gasteiger partial charge in [-0.2, -0.15) is 0 Å². The van der Waals surface area contributed by atoms with Gasteiger partial charge in [-0.1, -0.05) is 17.7 Å². The van der Waals surface area contributed by atoms with Crippen LogP contribution < -0.4 is 0 Å². The van der Waals surface area contributed by atoms with Crippen LogP contribution in [0.4, 0.5) is 0 Å². The van der Waals surface area contributed by atoms with Crippen LogP contribution in [-0.2, 0) is 0 Å². The summed E-state index contributed by atoms with van der Waals surface area (Å²) < 4.78 is 0. The second-order valence-corrected chi connectivity index (χ2v) is 3.31. The van der Waals surface area contributed by atoms with Gasteiger partial charge in [0, 0.05) is 0 Å². The monoisotopic (exact) mass is 170 g/mol. The van der Waals surface area contributed by atoms with Crippen molar-refractivity contribution in [1.29, 1.82) is 0 Å². The Morgan fingerprint density at radius 1 is 1.58 bits per heavy atom. The Morgan fingerprint density at radius 2 is 2.17 bits per heavy atom. The number of aliphatic hydroxyl groups is 2. The van der Waals surface area contributed by atoms with E-state index in [0.29, 0.717) is 6.42 Å². The summed E-state index contributed by atoms with van der Waals surface area (Å²) in [7, 11) is 0. The highest BCUT2D eigenvalue weighted by atomic mass is 16.3. The number of hydrogen-bond acceptors (Lipinski definition) is 2. The quantitative estimate of drug-likeness (QED) is 0.616. The van der Waals surface area contributed by atoms with Crippen LogP contribution in [0.2, 0.25) is 0 Å². The molecule has 0 fully saturated rings. The van der Waals surface area contributed by atoms with Crippen LogP contribution in [0.3, 0.4) is 0 Å². The van der Waals surface area contributed by atoms with Crippen LogP contribution in [0.25, 0.3) is 0 Å². The number of aliphatic hydroxyl groups excluding tert-OH is 1. The van der Waals surface area contributed by atoms with Crippen molar-refractivity contribution in [3.8, 4) is 0 Å². The molecule has 2 N–H and O–H groups in total. The van der Waals surface area contributed by atoms with Crippen molar-refractivity contribution in [3.63, 3.8) is 0 Å². The van der Waals surface area contributed by atoms with Gasteiger partial charge in [0.2, 0.25) is 0 Å². The van der Waals surface area contributed by atoms with Gasteiger partial charge in [-0.05, 0) is 26.7 Å². The van der Waals surface area contributed by atoms with Crippen LogP contribution in [0, 0.1) is 0 Å². The zero-order valence-electron chi connectivity index (χ0n) is 7.88. The van der Waals surface area contributed by atoms with Gasteiger partial charge >= 0.3 is 0 Å². The number of allylic oxidation sites excluding steroid dienone is 1. The van der Waals surface area contributed by atoms with E-state index in [4.69, 9.17) is 5.11 Å². The molecule has 0 amide bonds. The van der Waals surface area contributed by atoms with Gasteiger partial charge < -0.3 is 10.2 Å². The predicted molar refractivity (Wildman–Crippen MR) is 50.9 cm³/mol. The molecule has 0 aromatic rings. The summed E-state index contributed by atoms with van der Waals surface area (Å²) >= 11 is 0. The molecule has 0 spiro atoms. The van der Waals surface area contributed by atoms with Crippen LogP contribution in [0.5, 0.6) is 0 Å². The topological polar surface area (TPSA) is 40.5 Å². The summed E-state index contributed by atoms with van der Waals surface area (Å²) in [6.07, 6.45) is 4.88. The average Bonchev–Trinajstić information content (AvgIpc) is 2.04. The molecule has 1 atom stereocenters. The molecule has 0 saturated heterocycles. The largest absolute Gasteiger partial charge is 0.392 e. The first-order valence-corrected chi connectivity index (χ1v) is 4.14. The molecule has 0 aliphatic heterocycles. The second kappa shape index (κ2) is 5.12. The highest BCUT2D eigenvalue weighted by Gasteiger charge is 2.12. The summed E-state index contributed by atoms with van der Waals surface area (Å²) in [5, 5.41) is 18.2. The van der Waals surface area contributed by atoms with E-state index in [2.05, 4.69) is 6.58 Å². The maximum atomic E-state index is 9.50. The lowest BCUT2D eigenvalue weighted by Gasteiger charge is -2.16. The summed E-state index contributed by atoms with van der Waals surface area (Å²) in [6, 6.07) is 0. The Balaban J connectivity index is 3.77. The lowest BCUT2D eigenvalue weighted by molar-refractivity contribution is 0.103. The smallest absolute Gasteiger partial charge is 0.0800 e. The van der Waals surface area contributed by atoms with Gasteiger partial charge in [0.25, 0.3) is 0 Å². The molecule has 0 aromatic heterocycles.